The molecule has 9 heavy (non-hydrogen) atoms. The molecule has 52 valence electrons. The fourth-order valence-electron chi connectivity index (χ4n) is 0.260. The van der Waals surface area contributed by atoms with Crippen LogP contribution in [0.15, 0.2) is 5.16 Å². The van der Waals surface area contributed by atoms with Crippen LogP contribution in [-0.2, 0) is 4.79 Å². The van der Waals surface area contributed by atoms with Crippen LogP contribution in [-0.4, -0.2) is 21.5 Å². The molecule has 0 atom stereocenters. The maximum absolute atomic E-state index is 9.82. The van der Waals surface area contributed by atoms with Crippen LogP contribution in [0, 0.1) is 0 Å². The summed E-state index contributed by atoms with van der Waals surface area (Å²) >= 11 is 5.15. The lowest BCUT2D eigenvalue weighted by Gasteiger charge is -1.88. The summed E-state index contributed by atoms with van der Waals surface area (Å²) < 4.78 is 0. The molecular formula is C4H6ClNO3. The molecule has 0 aliphatic carbocycles. The lowest BCUT2D eigenvalue weighted by molar-refractivity contribution is -0.136. The van der Waals surface area contributed by atoms with E-state index in [9.17, 15) is 4.79 Å². The average molecular weight is 152 g/mol. The Hall–Kier alpha value is -0.770. The van der Waals surface area contributed by atoms with E-state index >= 15 is 0 Å². The Bertz CT molecular complexity index is 134. The first-order chi connectivity index (χ1) is 4.16. The number of rotatable bonds is 3. The van der Waals surface area contributed by atoms with Crippen molar-refractivity contribution in [2.45, 2.75) is 12.8 Å². The third kappa shape index (κ3) is 5.10. The van der Waals surface area contributed by atoms with E-state index in [2.05, 4.69) is 5.16 Å². The van der Waals surface area contributed by atoms with Crippen molar-refractivity contribution in [1.29, 1.82) is 0 Å². The molecule has 0 amide bonds. The van der Waals surface area contributed by atoms with E-state index in [1.165, 1.54) is 0 Å². The molecule has 0 bridgehead atoms. The molecular weight excluding hydrogens is 146 g/mol. The van der Waals surface area contributed by atoms with Crippen molar-refractivity contribution in [2.75, 3.05) is 0 Å². The van der Waals surface area contributed by atoms with Crippen molar-refractivity contribution in [2.24, 2.45) is 5.16 Å². The molecule has 5 heteroatoms. The van der Waals surface area contributed by atoms with E-state index in [4.69, 9.17) is 21.9 Å². The molecule has 0 saturated carbocycles. The topological polar surface area (TPSA) is 69.9 Å². The summed E-state index contributed by atoms with van der Waals surface area (Å²) in [5, 5.41) is 18.5. The van der Waals surface area contributed by atoms with Gasteiger partial charge in [0.1, 0.15) is 5.17 Å². The molecule has 0 aliphatic rings. The highest BCUT2D eigenvalue weighted by Gasteiger charge is 1.99. The van der Waals surface area contributed by atoms with E-state index in [-0.39, 0.29) is 18.0 Å². The van der Waals surface area contributed by atoms with Crippen molar-refractivity contribution in [3.63, 3.8) is 0 Å². The van der Waals surface area contributed by atoms with Gasteiger partial charge in [0.15, 0.2) is 0 Å². The van der Waals surface area contributed by atoms with Crippen LogP contribution in [0.4, 0.5) is 0 Å². The maximum Gasteiger partial charge on any atom is 0.303 e. The summed E-state index contributed by atoms with van der Waals surface area (Å²) in [6, 6.07) is 0. The van der Waals surface area contributed by atoms with Crippen molar-refractivity contribution in [1.82, 2.24) is 0 Å². The summed E-state index contributed by atoms with van der Waals surface area (Å²) in [6.07, 6.45) is -0.0315. The zero-order valence-electron chi connectivity index (χ0n) is 4.54. The highest BCUT2D eigenvalue weighted by Crippen LogP contribution is 1.96. The minimum Gasteiger partial charge on any atom is -0.481 e. The van der Waals surface area contributed by atoms with E-state index in [0.29, 0.717) is 0 Å². The second kappa shape index (κ2) is 4.14. The smallest absolute Gasteiger partial charge is 0.303 e. The Morgan fingerprint density at radius 2 is 2.11 bits per heavy atom. The Labute approximate surface area is 56.7 Å². The van der Waals surface area contributed by atoms with Gasteiger partial charge in [0.05, 0.1) is 6.42 Å². The van der Waals surface area contributed by atoms with Gasteiger partial charge in [-0.25, -0.2) is 0 Å². The van der Waals surface area contributed by atoms with Crippen LogP contribution in [0.5, 0.6) is 0 Å². The normalized spacial score (nSPS) is 11.4. The van der Waals surface area contributed by atoms with E-state index in [0.717, 1.165) is 0 Å². The lowest BCUT2D eigenvalue weighted by atomic mass is 10.3. The molecule has 2 N–H and O–H groups in total. The lowest BCUT2D eigenvalue weighted by Crippen LogP contribution is -1.97. The van der Waals surface area contributed by atoms with Crippen molar-refractivity contribution < 1.29 is 15.1 Å². The molecule has 0 fully saturated rings. The fraction of sp³-hybridized carbons (Fsp3) is 0.500. The molecule has 0 aromatic rings. The van der Waals surface area contributed by atoms with Gasteiger partial charge in [-0.15, -0.1) is 0 Å². The van der Waals surface area contributed by atoms with Crippen molar-refractivity contribution >= 4 is 22.7 Å². The van der Waals surface area contributed by atoms with Crippen LogP contribution in [0.25, 0.3) is 0 Å². The SMILES string of the molecule is O=C(O)CC/C(Cl)=N/O. The first-order valence-electron chi connectivity index (χ1n) is 2.25. The summed E-state index contributed by atoms with van der Waals surface area (Å²) in [6.45, 7) is 0. The largest absolute Gasteiger partial charge is 0.481 e. The highest BCUT2D eigenvalue weighted by atomic mass is 35.5. The van der Waals surface area contributed by atoms with Gasteiger partial charge in [0, 0.05) is 6.42 Å². The number of carboxylic acid groups (broad SMARTS) is 1. The molecule has 0 saturated heterocycles. The van der Waals surface area contributed by atoms with Gasteiger partial charge in [0.25, 0.3) is 0 Å². The van der Waals surface area contributed by atoms with Crippen LogP contribution in [0.2, 0.25) is 0 Å². The molecule has 0 aromatic heterocycles. The first-order valence-corrected chi connectivity index (χ1v) is 2.63. The zero-order valence-corrected chi connectivity index (χ0v) is 5.30. The Kier molecular flexibility index (Phi) is 3.79. The molecule has 0 spiro atoms. The summed E-state index contributed by atoms with van der Waals surface area (Å²) in [5.74, 6) is -0.961. The van der Waals surface area contributed by atoms with Gasteiger partial charge >= 0.3 is 5.97 Å². The average Bonchev–Trinajstić information content (AvgIpc) is 1.83. The van der Waals surface area contributed by atoms with Crippen LogP contribution in [0.1, 0.15) is 12.8 Å². The first kappa shape index (κ1) is 8.23. The van der Waals surface area contributed by atoms with Crippen molar-refractivity contribution in [3.8, 4) is 0 Å². The van der Waals surface area contributed by atoms with Gasteiger partial charge in [-0.05, 0) is 0 Å². The second-order valence-corrected chi connectivity index (χ2v) is 1.81. The molecule has 0 rings (SSSR count). The minimum absolute atomic E-state index is 0.0768. The van der Waals surface area contributed by atoms with E-state index in [1.807, 2.05) is 0 Å². The summed E-state index contributed by atoms with van der Waals surface area (Å²) in [5.41, 5.74) is 0. The second-order valence-electron chi connectivity index (χ2n) is 1.37. The number of nitrogens with zero attached hydrogens (tertiary/aromatic N) is 1. The third-order valence-electron chi connectivity index (χ3n) is 0.654. The molecule has 4 nitrogen and oxygen atoms in total. The zero-order chi connectivity index (χ0) is 7.28. The van der Waals surface area contributed by atoms with Gasteiger partial charge < -0.3 is 10.3 Å². The third-order valence-corrected chi connectivity index (χ3v) is 0.918. The van der Waals surface area contributed by atoms with Gasteiger partial charge in [-0.1, -0.05) is 16.8 Å². The number of halogens is 1. The Morgan fingerprint density at radius 1 is 1.56 bits per heavy atom. The quantitative estimate of drug-likeness (QED) is 0.357. The predicted molar refractivity (Wildman–Crippen MR) is 31.9 cm³/mol. The Balaban J connectivity index is 3.39. The predicted octanol–water partition coefficient (Wildman–Crippen LogP) is 0.878. The molecule has 0 aromatic carbocycles. The molecule has 0 aliphatic heterocycles. The van der Waals surface area contributed by atoms with Crippen LogP contribution >= 0.6 is 11.6 Å². The standard InChI is InChI=1S/C4H6ClNO3/c5-3(6-9)1-2-4(7)8/h9H,1-2H2,(H,7,8)/b6-3-. The van der Waals surface area contributed by atoms with Gasteiger partial charge in [0.2, 0.25) is 0 Å². The monoisotopic (exact) mass is 151 g/mol. The number of carboxylic acids is 1. The van der Waals surface area contributed by atoms with Gasteiger partial charge in [-0.2, -0.15) is 0 Å². The van der Waals surface area contributed by atoms with Crippen LogP contribution in [0.3, 0.4) is 0 Å². The number of hydrogen-bond donors (Lipinski definition) is 2. The number of oxime groups is 1. The highest BCUT2D eigenvalue weighted by molar-refractivity contribution is 6.65. The van der Waals surface area contributed by atoms with Gasteiger partial charge in [-0.3, -0.25) is 4.79 Å². The maximum atomic E-state index is 9.82. The molecule has 0 unspecified atom stereocenters. The molecule has 0 radical (unpaired) electrons. The minimum atomic E-state index is -0.961. The Morgan fingerprint density at radius 3 is 2.44 bits per heavy atom. The van der Waals surface area contributed by atoms with Crippen molar-refractivity contribution in [3.05, 3.63) is 0 Å². The summed E-state index contributed by atoms with van der Waals surface area (Å²) in [7, 11) is 0. The summed E-state index contributed by atoms with van der Waals surface area (Å²) in [4.78, 5) is 9.82. The number of carbonyl (C=O) groups is 1. The van der Waals surface area contributed by atoms with E-state index < -0.39 is 5.97 Å². The number of hydrogen-bond acceptors (Lipinski definition) is 3. The van der Waals surface area contributed by atoms with Crippen LogP contribution < -0.4 is 0 Å². The molecule has 0 heterocycles. The number of aliphatic carboxylic acids is 1. The fourth-order valence-corrected chi connectivity index (χ4v) is 0.355. The van der Waals surface area contributed by atoms with E-state index in [1.54, 1.807) is 0 Å².